The zero-order valence-electron chi connectivity index (χ0n) is 12.8. The zero-order chi connectivity index (χ0) is 15.7. The van der Waals surface area contributed by atoms with E-state index < -0.39 is 0 Å². The van der Waals surface area contributed by atoms with Gasteiger partial charge in [-0.25, -0.2) is 4.98 Å². The molecule has 0 saturated heterocycles. The maximum absolute atomic E-state index is 12.4. The minimum absolute atomic E-state index is 0.112. The summed E-state index contributed by atoms with van der Waals surface area (Å²) in [5.74, 6) is 0.824. The topological polar surface area (TPSA) is 54.4 Å². The maximum Gasteiger partial charge on any atom is 0.269 e. The molecular formula is C16H17N3OS2. The Kier molecular flexibility index (Phi) is 4.31. The Hall–Kier alpha value is -1.66. The summed E-state index contributed by atoms with van der Waals surface area (Å²) in [6.45, 7) is 6.79. The Morgan fingerprint density at radius 3 is 2.77 bits per heavy atom. The van der Waals surface area contributed by atoms with Crippen LogP contribution in [0, 0.1) is 20.8 Å². The third-order valence-electron chi connectivity index (χ3n) is 3.42. The average molecular weight is 331 g/mol. The van der Waals surface area contributed by atoms with Crippen LogP contribution in [0.15, 0.2) is 23.2 Å². The molecule has 0 saturated carbocycles. The highest BCUT2D eigenvalue weighted by Gasteiger charge is 2.19. The predicted molar refractivity (Wildman–Crippen MR) is 94.0 cm³/mol. The van der Waals surface area contributed by atoms with Crippen molar-refractivity contribution >= 4 is 34.2 Å². The molecule has 3 rings (SSSR count). The summed E-state index contributed by atoms with van der Waals surface area (Å²) in [7, 11) is 0. The summed E-state index contributed by atoms with van der Waals surface area (Å²) in [4.78, 5) is 21.9. The number of aliphatic imine (C=N–C) groups is 1. The number of thiazole rings is 1. The Balaban J connectivity index is 1.88. The summed E-state index contributed by atoms with van der Waals surface area (Å²) in [5.41, 5.74) is 4.26. The van der Waals surface area contributed by atoms with Gasteiger partial charge in [0.25, 0.3) is 5.91 Å². The monoisotopic (exact) mass is 331 g/mol. The third kappa shape index (κ3) is 3.08. The molecule has 0 radical (unpaired) electrons. The summed E-state index contributed by atoms with van der Waals surface area (Å²) < 4.78 is 0. The number of hydrogen-bond donors (Lipinski definition) is 1. The van der Waals surface area contributed by atoms with Gasteiger partial charge in [-0.05, 0) is 26.3 Å². The van der Waals surface area contributed by atoms with Crippen molar-refractivity contribution in [3.63, 3.8) is 0 Å². The first-order valence-electron chi connectivity index (χ1n) is 7.08. The molecule has 1 amide bonds. The molecule has 114 valence electrons. The molecule has 4 nitrogen and oxygen atoms in total. The fourth-order valence-electron chi connectivity index (χ4n) is 2.34. The molecule has 1 aliphatic heterocycles. The molecule has 0 bridgehead atoms. The molecular weight excluding hydrogens is 314 g/mol. The van der Waals surface area contributed by atoms with Crippen molar-refractivity contribution in [1.29, 1.82) is 0 Å². The average Bonchev–Trinajstić information content (AvgIpc) is 3.08. The number of nitrogens with one attached hydrogen (secondary N) is 1. The number of amidine groups is 1. The van der Waals surface area contributed by atoms with Crippen LogP contribution < -0.4 is 5.32 Å². The predicted octanol–water partition coefficient (Wildman–Crippen LogP) is 3.57. The van der Waals surface area contributed by atoms with Crippen LogP contribution in [0.25, 0.3) is 10.6 Å². The molecule has 0 aliphatic carbocycles. The van der Waals surface area contributed by atoms with Crippen LogP contribution in [0.1, 0.15) is 26.5 Å². The minimum atomic E-state index is -0.112. The van der Waals surface area contributed by atoms with E-state index in [1.807, 2.05) is 6.92 Å². The molecule has 2 heterocycles. The van der Waals surface area contributed by atoms with E-state index in [1.54, 1.807) is 11.8 Å². The summed E-state index contributed by atoms with van der Waals surface area (Å²) in [6, 6.07) is 6.28. The van der Waals surface area contributed by atoms with Crippen molar-refractivity contribution in [3.8, 4) is 10.6 Å². The van der Waals surface area contributed by atoms with Gasteiger partial charge in [-0.15, -0.1) is 11.3 Å². The van der Waals surface area contributed by atoms with Gasteiger partial charge < -0.3 is 5.32 Å². The number of carbonyl (C=O) groups excluding carboxylic acids is 1. The molecule has 1 aliphatic rings. The van der Waals surface area contributed by atoms with Gasteiger partial charge >= 0.3 is 0 Å². The van der Waals surface area contributed by atoms with Crippen LogP contribution in [-0.4, -0.2) is 28.4 Å². The summed E-state index contributed by atoms with van der Waals surface area (Å²) in [5, 5.41) is 4.47. The van der Waals surface area contributed by atoms with E-state index in [-0.39, 0.29) is 5.91 Å². The number of amides is 1. The van der Waals surface area contributed by atoms with E-state index in [0.29, 0.717) is 10.0 Å². The van der Waals surface area contributed by atoms with Gasteiger partial charge in [-0.3, -0.25) is 9.79 Å². The standard InChI is InChI=1S/C16H17N3OS2/c1-9-4-5-12(10(2)8-9)15-18-11(3)13(22-15)14(20)19-16-17-6-7-21-16/h4-5,8H,6-7H2,1-3H3,(H,17,19,20). The Bertz CT molecular complexity index is 765. The lowest BCUT2D eigenvalue weighted by atomic mass is 10.1. The molecule has 22 heavy (non-hydrogen) atoms. The van der Waals surface area contributed by atoms with Crippen LogP contribution in [0.2, 0.25) is 0 Å². The van der Waals surface area contributed by atoms with Crippen LogP contribution in [-0.2, 0) is 0 Å². The second-order valence-electron chi connectivity index (χ2n) is 5.24. The number of aryl methyl sites for hydroxylation is 3. The molecule has 1 aromatic carbocycles. The Morgan fingerprint density at radius 2 is 2.09 bits per heavy atom. The highest BCUT2D eigenvalue weighted by Crippen LogP contribution is 2.30. The number of rotatable bonds is 2. The number of thioether (sulfide) groups is 1. The van der Waals surface area contributed by atoms with Gasteiger partial charge in [0, 0.05) is 11.3 Å². The highest BCUT2D eigenvalue weighted by atomic mass is 32.2. The van der Waals surface area contributed by atoms with Crippen LogP contribution in [0.3, 0.4) is 0 Å². The first-order chi connectivity index (χ1) is 10.5. The van der Waals surface area contributed by atoms with Crippen molar-refractivity contribution < 1.29 is 4.79 Å². The second-order valence-corrected chi connectivity index (χ2v) is 7.32. The largest absolute Gasteiger partial charge is 0.301 e. The third-order valence-corrected chi connectivity index (χ3v) is 5.50. The Morgan fingerprint density at radius 1 is 1.27 bits per heavy atom. The van der Waals surface area contributed by atoms with E-state index in [9.17, 15) is 4.79 Å². The molecule has 0 spiro atoms. The van der Waals surface area contributed by atoms with Gasteiger partial charge in [0.2, 0.25) is 0 Å². The van der Waals surface area contributed by atoms with Crippen LogP contribution in [0.4, 0.5) is 0 Å². The fraction of sp³-hybridized carbons (Fsp3) is 0.312. The lowest BCUT2D eigenvalue weighted by molar-refractivity contribution is 0.0981. The van der Waals surface area contributed by atoms with Gasteiger partial charge in [0.05, 0.1) is 12.2 Å². The van der Waals surface area contributed by atoms with Gasteiger partial charge in [-0.1, -0.05) is 35.5 Å². The fourth-order valence-corrected chi connectivity index (χ4v) is 4.12. The number of nitrogens with zero attached hydrogens (tertiary/aromatic N) is 2. The summed E-state index contributed by atoms with van der Waals surface area (Å²) >= 11 is 3.02. The van der Waals surface area contributed by atoms with Crippen molar-refractivity contribution in [2.75, 3.05) is 12.3 Å². The quantitative estimate of drug-likeness (QED) is 0.915. The van der Waals surface area contributed by atoms with Gasteiger partial charge in [-0.2, -0.15) is 0 Å². The Labute approximate surface area is 138 Å². The molecule has 6 heteroatoms. The maximum atomic E-state index is 12.4. The highest BCUT2D eigenvalue weighted by molar-refractivity contribution is 8.14. The normalized spacial score (nSPS) is 14.0. The lowest BCUT2D eigenvalue weighted by Gasteiger charge is -2.03. The SMILES string of the molecule is Cc1ccc(-c2nc(C)c(C(=O)NC3=NCCS3)s2)c(C)c1. The number of aromatic nitrogens is 1. The van der Waals surface area contributed by atoms with Crippen molar-refractivity contribution in [2.45, 2.75) is 20.8 Å². The molecule has 1 aromatic heterocycles. The number of carbonyl (C=O) groups is 1. The number of benzene rings is 1. The number of hydrogen-bond acceptors (Lipinski definition) is 5. The van der Waals surface area contributed by atoms with Gasteiger partial charge in [0.15, 0.2) is 5.17 Å². The van der Waals surface area contributed by atoms with E-state index in [2.05, 4.69) is 47.3 Å². The molecule has 0 atom stereocenters. The molecule has 0 fully saturated rings. The van der Waals surface area contributed by atoms with Crippen LogP contribution in [0.5, 0.6) is 0 Å². The molecule has 2 aromatic rings. The van der Waals surface area contributed by atoms with Gasteiger partial charge in [0.1, 0.15) is 9.88 Å². The van der Waals surface area contributed by atoms with E-state index >= 15 is 0 Å². The first kappa shape index (κ1) is 15.2. The zero-order valence-corrected chi connectivity index (χ0v) is 14.4. The van der Waals surface area contributed by atoms with E-state index in [4.69, 9.17) is 0 Å². The van der Waals surface area contributed by atoms with E-state index in [1.165, 1.54) is 22.5 Å². The first-order valence-corrected chi connectivity index (χ1v) is 8.88. The minimum Gasteiger partial charge on any atom is -0.301 e. The van der Waals surface area contributed by atoms with Crippen LogP contribution >= 0.6 is 23.1 Å². The second kappa shape index (κ2) is 6.22. The molecule has 1 N–H and O–H groups in total. The lowest BCUT2D eigenvalue weighted by Crippen LogP contribution is -2.27. The molecule has 0 unspecified atom stereocenters. The smallest absolute Gasteiger partial charge is 0.269 e. The summed E-state index contributed by atoms with van der Waals surface area (Å²) in [6.07, 6.45) is 0. The van der Waals surface area contributed by atoms with Crippen molar-refractivity contribution in [1.82, 2.24) is 10.3 Å². The van der Waals surface area contributed by atoms with E-state index in [0.717, 1.165) is 28.6 Å². The van der Waals surface area contributed by atoms with Crippen molar-refractivity contribution in [2.24, 2.45) is 4.99 Å². The van der Waals surface area contributed by atoms with Crippen molar-refractivity contribution in [3.05, 3.63) is 39.9 Å².